The predicted octanol–water partition coefficient (Wildman–Crippen LogP) is 2.35. The molecule has 0 radical (unpaired) electrons. The highest BCUT2D eigenvalue weighted by atomic mass is 79.9. The minimum Gasteiger partial charge on any atom is -0.414 e. The predicted molar refractivity (Wildman–Crippen MR) is 104 cm³/mol. The van der Waals surface area contributed by atoms with Crippen LogP contribution in [-0.2, 0) is 9.16 Å². The van der Waals surface area contributed by atoms with Gasteiger partial charge < -0.3 is 20.0 Å². The Kier molecular flexibility index (Phi) is 6.23. The summed E-state index contributed by atoms with van der Waals surface area (Å²) >= 11 is 3.25. The third-order valence-electron chi connectivity index (χ3n) is 5.39. The van der Waals surface area contributed by atoms with Crippen LogP contribution in [0.4, 0.5) is 14.6 Å². The first-order chi connectivity index (χ1) is 12.3. The summed E-state index contributed by atoms with van der Waals surface area (Å²) in [6.07, 6.45) is -4.38. The quantitative estimate of drug-likeness (QED) is 0.507. The largest absolute Gasteiger partial charge is 0.414 e. The van der Waals surface area contributed by atoms with Crippen molar-refractivity contribution in [1.29, 1.82) is 0 Å². The van der Waals surface area contributed by atoms with Crippen molar-refractivity contribution >= 4 is 30.1 Å². The standard InChI is InChI=1S/C16H26BrF2N3O4Si/c1-15(2,3)27(4,5)25-8-16(7-17)11(23)10(19)13(26-16)22-6-9(18)12(20)21-14(22)24/h6,10-11,13,23H,7-8H2,1-5H3,(H2,20,21,24)/t10-,11-,13+,16+/m0/s1. The van der Waals surface area contributed by atoms with E-state index < -0.39 is 49.7 Å². The smallest absolute Gasteiger partial charge is 0.351 e. The number of halogens is 3. The number of hydrogen-bond donors (Lipinski definition) is 2. The van der Waals surface area contributed by atoms with Crippen molar-refractivity contribution in [2.45, 2.75) is 63.0 Å². The molecule has 0 spiro atoms. The number of aliphatic hydroxyl groups excluding tert-OH is 1. The highest BCUT2D eigenvalue weighted by molar-refractivity contribution is 9.09. The molecule has 2 rings (SSSR count). The van der Waals surface area contributed by atoms with Crippen LogP contribution in [-0.4, -0.2) is 52.8 Å². The zero-order valence-corrected chi connectivity index (χ0v) is 18.6. The molecule has 154 valence electrons. The normalized spacial score (nSPS) is 29.3. The summed E-state index contributed by atoms with van der Waals surface area (Å²) < 4.78 is 41.1. The third-order valence-corrected chi connectivity index (χ3v) is 10.8. The number of anilines is 1. The van der Waals surface area contributed by atoms with Crippen molar-refractivity contribution in [2.24, 2.45) is 0 Å². The monoisotopic (exact) mass is 469 g/mol. The fourth-order valence-electron chi connectivity index (χ4n) is 2.46. The molecule has 0 bridgehead atoms. The number of alkyl halides is 2. The van der Waals surface area contributed by atoms with Crippen LogP contribution in [0.5, 0.6) is 0 Å². The van der Waals surface area contributed by atoms with Gasteiger partial charge in [-0.1, -0.05) is 36.7 Å². The molecular weight excluding hydrogens is 444 g/mol. The molecule has 0 saturated carbocycles. The van der Waals surface area contributed by atoms with Crippen molar-refractivity contribution in [3.63, 3.8) is 0 Å². The molecule has 0 aromatic carbocycles. The highest BCUT2D eigenvalue weighted by Gasteiger charge is 2.57. The number of nitrogen functional groups attached to an aromatic ring is 1. The number of ether oxygens (including phenoxy) is 1. The average molecular weight is 470 g/mol. The molecule has 27 heavy (non-hydrogen) atoms. The van der Waals surface area contributed by atoms with Crippen LogP contribution in [0.15, 0.2) is 11.0 Å². The molecule has 11 heteroatoms. The van der Waals surface area contributed by atoms with E-state index in [1.807, 2.05) is 13.1 Å². The molecule has 1 aromatic heterocycles. The van der Waals surface area contributed by atoms with E-state index >= 15 is 0 Å². The fraction of sp³-hybridized carbons (Fsp3) is 0.750. The highest BCUT2D eigenvalue weighted by Crippen LogP contribution is 2.43. The molecule has 3 N–H and O–H groups in total. The molecule has 2 heterocycles. The molecule has 1 saturated heterocycles. The fourth-order valence-corrected chi connectivity index (χ4v) is 4.12. The average Bonchev–Trinajstić information content (AvgIpc) is 2.81. The Labute approximate surface area is 166 Å². The van der Waals surface area contributed by atoms with E-state index in [1.54, 1.807) is 0 Å². The van der Waals surface area contributed by atoms with E-state index in [-0.39, 0.29) is 17.0 Å². The summed E-state index contributed by atoms with van der Waals surface area (Å²) in [5, 5.41) is 10.5. The lowest BCUT2D eigenvalue weighted by Crippen LogP contribution is -2.52. The van der Waals surface area contributed by atoms with Crippen molar-refractivity contribution < 1.29 is 23.1 Å². The maximum atomic E-state index is 14.8. The van der Waals surface area contributed by atoms with E-state index in [0.717, 1.165) is 6.20 Å². The lowest BCUT2D eigenvalue weighted by Gasteiger charge is -2.40. The molecule has 7 nitrogen and oxygen atoms in total. The Morgan fingerprint density at radius 3 is 2.63 bits per heavy atom. The van der Waals surface area contributed by atoms with Crippen LogP contribution in [0.3, 0.4) is 0 Å². The maximum absolute atomic E-state index is 14.8. The lowest BCUT2D eigenvalue weighted by molar-refractivity contribution is -0.110. The van der Waals surface area contributed by atoms with Gasteiger partial charge in [0.25, 0.3) is 0 Å². The second kappa shape index (κ2) is 7.51. The molecule has 0 amide bonds. The van der Waals surface area contributed by atoms with Crippen molar-refractivity contribution in [1.82, 2.24) is 9.55 Å². The third kappa shape index (κ3) is 4.11. The molecular formula is C16H26BrF2N3O4Si. The Morgan fingerprint density at radius 1 is 1.52 bits per heavy atom. The molecule has 4 atom stereocenters. The van der Waals surface area contributed by atoms with Crippen molar-refractivity contribution in [3.8, 4) is 0 Å². The molecule has 1 fully saturated rings. The van der Waals surface area contributed by atoms with Gasteiger partial charge in [-0.3, -0.25) is 4.57 Å². The van der Waals surface area contributed by atoms with Crippen molar-refractivity contribution in [3.05, 3.63) is 22.5 Å². The van der Waals surface area contributed by atoms with E-state index in [1.165, 1.54) is 0 Å². The van der Waals surface area contributed by atoms with Crippen LogP contribution < -0.4 is 11.4 Å². The maximum Gasteiger partial charge on any atom is 0.351 e. The van der Waals surface area contributed by atoms with Gasteiger partial charge >= 0.3 is 5.69 Å². The van der Waals surface area contributed by atoms with Crippen LogP contribution in [0, 0.1) is 5.82 Å². The zero-order valence-electron chi connectivity index (χ0n) is 16.0. The van der Waals surface area contributed by atoms with E-state index in [9.17, 15) is 18.7 Å². The van der Waals surface area contributed by atoms with Gasteiger partial charge in [0.1, 0.15) is 11.7 Å². The van der Waals surface area contributed by atoms with E-state index in [4.69, 9.17) is 14.9 Å². The first-order valence-electron chi connectivity index (χ1n) is 8.50. The van der Waals surface area contributed by atoms with Gasteiger partial charge in [-0.25, -0.2) is 13.6 Å². The summed E-state index contributed by atoms with van der Waals surface area (Å²) in [5.41, 5.74) is 2.86. The Hall–Kier alpha value is -0.883. The Morgan fingerprint density at radius 2 is 2.11 bits per heavy atom. The molecule has 0 unspecified atom stereocenters. The first kappa shape index (κ1) is 22.4. The van der Waals surface area contributed by atoms with Gasteiger partial charge in [0.2, 0.25) is 0 Å². The van der Waals surface area contributed by atoms with Crippen LogP contribution in [0.25, 0.3) is 0 Å². The van der Waals surface area contributed by atoms with Gasteiger partial charge in [-0.2, -0.15) is 4.98 Å². The van der Waals surface area contributed by atoms with Crippen molar-refractivity contribution in [2.75, 3.05) is 17.7 Å². The summed E-state index contributed by atoms with van der Waals surface area (Å²) in [6.45, 7) is 10.1. The molecule has 0 aliphatic carbocycles. The minimum absolute atomic E-state index is 0.0618. The van der Waals surface area contributed by atoms with Gasteiger partial charge in [-0.05, 0) is 18.1 Å². The van der Waals surface area contributed by atoms with Gasteiger partial charge in [-0.15, -0.1) is 0 Å². The summed E-state index contributed by atoms with van der Waals surface area (Å²) in [6, 6.07) is 0. The van der Waals surface area contributed by atoms with Gasteiger partial charge in [0, 0.05) is 5.33 Å². The SMILES string of the molecule is CC(C)(C)[Si](C)(C)OC[C@@]1(CBr)O[C@@H](n2cc(F)c(N)nc2=O)[C@@H](F)[C@@H]1O. The summed E-state index contributed by atoms with van der Waals surface area (Å²) in [4.78, 5) is 15.3. The Balaban J connectivity index is 2.33. The molecule has 1 aliphatic rings. The summed E-state index contributed by atoms with van der Waals surface area (Å²) in [5.74, 6) is -1.56. The number of aromatic nitrogens is 2. The number of aliphatic hydroxyl groups is 1. The minimum atomic E-state index is -2.21. The second-order valence-electron chi connectivity index (χ2n) is 8.31. The van der Waals surface area contributed by atoms with E-state index in [0.29, 0.717) is 4.57 Å². The lowest BCUT2D eigenvalue weighted by atomic mass is 9.99. The van der Waals surface area contributed by atoms with Gasteiger partial charge in [0.15, 0.2) is 32.4 Å². The molecule has 1 aromatic rings. The van der Waals surface area contributed by atoms with Crippen LogP contribution >= 0.6 is 15.9 Å². The summed E-state index contributed by atoms with van der Waals surface area (Å²) in [7, 11) is -2.21. The molecule has 1 aliphatic heterocycles. The number of hydrogen-bond acceptors (Lipinski definition) is 6. The number of rotatable bonds is 5. The first-order valence-corrected chi connectivity index (χ1v) is 12.5. The zero-order chi connectivity index (χ0) is 20.8. The van der Waals surface area contributed by atoms with Crippen LogP contribution in [0.2, 0.25) is 18.1 Å². The topological polar surface area (TPSA) is 99.6 Å². The number of nitrogens with zero attached hydrogens (tertiary/aromatic N) is 2. The number of nitrogens with two attached hydrogens (primary N) is 1. The second-order valence-corrected chi connectivity index (χ2v) is 13.7. The Bertz CT molecular complexity index is 758. The van der Waals surface area contributed by atoms with Crippen LogP contribution in [0.1, 0.15) is 27.0 Å². The van der Waals surface area contributed by atoms with Gasteiger partial charge in [0.05, 0.1) is 12.8 Å². The van der Waals surface area contributed by atoms with E-state index in [2.05, 4.69) is 41.7 Å².